The van der Waals surface area contributed by atoms with Crippen molar-refractivity contribution >= 4 is 0 Å². The number of hydrogen-bond donors (Lipinski definition) is 2. The van der Waals surface area contributed by atoms with Crippen LogP contribution >= 0.6 is 0 Å². The quantitative estimate of drug-likeness (QED) is 0.698. The van der Waals surface area contributed by atoms with Crippen LogP contribution in [-0.2, 0) is 6.42 Å². The molecule has 1 aromatic carbocycles. The molecular formula is C20H35NO. The zero-order valence-electron chi connectivity index (χ0n) is 15.3. The second kappa shape index (κ2) is 7.50. The Morgan fingerprint density at radius 3 is 1.91 bits per heavy atom. The maximum Gasteiger partial charge on any atom is 0.115 e. The average Bonchev–Trinajstić information content (AvgIpc) is 2.48. The zero-order valence-corrected chi connectivity index (χ0v) is 15.3. The molecule has 0 aliphatic heterocycles. The predicted molar refractivity (Wildman–Crippen MR) is 96.0 cm³/mol. The molecule has 2 nitrogen and oxygen atoms in total. The molecule has 0 saturated carbocycles. The molecule has 2 unspecified atom stereocenters. The smallest absolute Gasteiger partial charge is 0.115 e. The Labute approximate surface area is 137 Å². The fraction of sp³-hybridized carbons (Fsp3) is 0.700. The van der Waals surface area contributed by atoms with E-state index in [-0.39, 0.29) is 16.9 Å². The van der Waals surface area contributed by atoms with Gasteiger partial charge in [-0.1, -0.05) is 60.1 Å². The lowest BCUT2D eigenvalue weighted by Crippen LogP contribution is -2.41. The van der Waals surface area contributed by atoms with Gasteiger partial charge in [0.1, 0.15) is 5.75 Å². The summed E-state index contributed by atoms with van der Waals surface area (Å²) in [6.45, 7) is 13.7. The fourth-order valence-electron chi connectivity index (χ4n) is 2.77. The topological polar surface area (TPSA) is 46.2 Å². The van der Waals surface area contributed by atoms with E-state index in [0.717, 1.165) is 25.7 Å². The first-order valence-electron chi connectivity index (χ1n) is 8.66. The Bertz CT molecular complexity index is 447. The summed E-state index contributed by atoms with van der Waals surface area (Å²) in [4.78, 5) is 0. The van der Waals surface area contributed by atoms with E-state index in [4.69, 9.17) is 5.73 Å². The van der Waals surface area contributed by atoms with Crippen LogP contribution in [-0.4, -0.2) is 11.1 Å². The Kier molecular flexibility index (Phi) is 6.49. The van der Waals surface area contributed by atoms with E-state index in [9.17, 15) is 5.11 Å². The van der Waals surface area contributed by atoms with Crippen LogP contribution in [0.1, 0.15) is 66.4 Å². The Balaban J connectivity index is 2.92. The van der Waals surface area contributed by atoms with Crippen molar-refractivity contribution in [3.8, 4) is 5.75 Å². The SMILES string of the molecule is CCC(C)(C)C(N)CC(Cc1ccc(O)cc1)C(C)(C)CC. The van der Waals surface area contributed by atoms with Gasteiger partial charge in [-0.05, 0) is 53.7 Å². The molecule has 2 heteroatoms. The standard InChI is InChI=1S/C20H35NO/c1-7-19(3,4)16(14-18(21)20(5,6)8-2)13-15-9-11-17(22)12-10-15/h9-12,16,18,22H,7-8,13-14,21H2,1-6H3. The monoisotopic (exact) mass is 305 g/mol. The third-order valence-electron chi connectivity index (χ3n) is 5.89. The van der Waals surface area contributed by atoms with Gasteiger partial charge >= 0.3 is 0 Å². The van der Waals surface area contributed by atoms with Crippen LogP contribution < -0.4 is 5.73 Å². The molecule has 0 saturated heterocycles. The lowest BCUT2D eigenvalue weighted by atomic mass is 9.68. The van der Waals surface area contributed by atoms with E-state index in [0.29, 0.717) is 11.7 Å². The van der Waals surface area contributed by atoms with E-state index >= 15 is 0 Å². The molecule has 1 aromatic rings. The lowest BCUT2D eigenvalue weighted by Gasteiger charge is -2.39. The summed E-state index contributed by atoms with van der Waals surface area (Å²) in [6, 6.07) is 7.84. The van der Waals surface area contributed by atoms with Gasteiger partial charge in [-0.2, -0.15) is 0 Å². The number of hydrogen-bond acceptors (Lipinski definition) is 2. The van der Waals surface area contributed by atoms with Gasteiger partial charge in [0.2, 0.25) is 0 Å². The minimum Gasteiger partial charge on any atom is -0.508 e. The molecule has 0 aromatic heterocycles. The van der Waals surface area contributed by atoms with Gasteiger partial charge in [0.05, 0.1) is 0 Å². The minimum absolute atomic E-state index is 0.178. The first-order valence-corrected chi connectivity index (χ1v) is 8.66. The van der Waals surface area contributed by atoms with E-state index < -0.39 is 0 Å². The van der Waals surface area contributed by atoms with Crippen LogP contribution in [0.5, 0.6) is 5.75 Å². The van der Waals surface area contributed by atoms with Crippen LogP contribution in [0.15, 0.2) is 24.3 Å². The lowest BCUT2D eigenvalue weighted by molar-refractivity contribution is 0.143. The second-order valence-corrected chi connectivity index (χ2v) is 8.09. The van der Waals surface area contributed by atoms with Crippen molar-refractivity contribution in [3.05, 3.63) is 29.8 Å². The molecule has 0 spiro atoms. The summed E-state index contributed by atoms with van der Waals surface area (Å²) >= 11 is 0. The van der Waals surface area contributed by atoms with Crippen molar-refractivity contribution in [3.63, 3.8) is 0 Å². The largest absolute Gasteiger partial charge is 0.508 e. The highest BCUT2D eigenvalue weighted by Gasteiger charge is 2.33. The zero-order chi connectivity index (χ0) is 17.0. The Morgan fingerprint density at radius 2 is 1.45 bits per heavy atom. The summed E-state index contributed by atoms with van der Waals surface area (Å²) < 4.78 is 0. The Hall–Kier alpha value is -1.02. The second-order valence-electron chi connectivity index (χ2n) is 8.09. The van der Waals surface area contributed by atoms with Gasteiger partial charge < -0.3 is 10.8 Å². The Morgan fingerprint density at radius 1 is 0.955 bits per heavy atom. The molecular weight excluding hydrogens is 270 g/mol. The molecule has 0 amide bonds. The van der Waals surface area contributed by atoms with Gasteiger partial charge in [-0.15, -0.1) is 0 Å². The third-order valence-corrected chi connectivity index (χ3v) is 5.89. The van der Waals surface area contributed by atoms with Crippen molar-refractivity contribution in [2.24, 2.45) is 22.5 Å². The number of aromatic hydroxyl groups is 1. The van der Waals surface area contributed by atoms with Crippen LogP contribution in [0.2, 0.25) is 0 Å². The molecule has 0 radical (unpaired) electrons. The maximum absolute atomic E-state index is 9.46. The highest BCUT2D eigenvalue weighted by atomic mass is 16.3. The summed E-state index contributed by atoms with van der Waals surface area (Å²) in [7, 11) is 0. The summed E-state index contributed by atoms with van der Waals surface area (Å²) in [5, 5.41) is 9.46. The van der Waals surface area contributed by atoms with Gasteiger partial charge in [-0.3, -0.25) is 0 Å². The molecule has 22 heavy (non-hydrogen) atoms. The highest BCUT2D eigenvalue weighted by molar-refractivity contribution is 5.26. The molecule has 126 valence electrons. The van der Waals surface area contributed by atoms with Crippen molar-refractivity contribution in [2.75, 3.05) is 0 Å². The summed E-state index contributed by atoms with van der Waals surface area (Å²) in [5.74, 6) is 0.877. The van der Waals surface area contributed by atoms with Gasteiger partial charge in [0.15, 0.2) is 0 Å². The fourth-order valence-corrected chi connectivity index (χ4v) is 2.77. The first kappa shape index (κ1) is 19.0. The number of nitrogens with two attached hydrogens (primary N) is 1. The van der Waals surface area contributed by atoms with E-state index in [2.05, 4.69) is 41.5 Å². The summed E-state index contributed by atoms with van der Waals surface area (Å²) in [5.41, 5.74) is 8.28. The van der Waals surface area contributed by atoms with Crippen LogP contribution in [0.25, 0.3) is 0 Å². The van der Waals surface area contributed by atoms with Gasteiger partial charge in [0.25, 0.3) is 0 Å². The average molecular weight is 306 g/mol. The number of phenols is 1. The van der Waals surface area contributed by atoms with Gasteiger partial charge in [-0.25, -0.2) is 0 Å². The summed E-state index contributed by atoms with van der Waals surface area (Å²) in [6.07, 6.45) is 4.32. The molecule has 0 fully saturated rings. The molecule has 3 N–H and O–H groups in total. The van der Waals surface area contributed by atoms with Crippen LogP contribution in [0.4, 0.5) is 0 Å². The van der Waals surface area contributed by atoms with E-state index in [1.54, 1.807) is 12.1 Å². The van der Waals surface area contributed by atoms with Crippen molar-refractivity contribution in [2.45, 2.75) is 73.3 Å². The minimum atomic E-state index is 0.178. The molecule has 2 atom stereocenters. The van der Waals surface area contributed by atoms with Crippen molar-refractivity contribution in [1.29, 1.82) is 0 Å². The molecule has 1 rings (SSSR count). The van der Waals surface area contributed by atoms with E-state index in [1.807, 2.05) is 12.1 Å². The number of benzene rings is 1. The maximum atomic E-state index is 9.46. The molecule has 0 aliphatic carbocycles. The number of rotatable bonds is 8. The first-order chi connectivity index (χ1) is 10.1. The normalized spacial score (nSPS) is 15.6. The molecule has 0 heterocycles. The highest BCUT2D eigenvalue weighted by Crippen LogP contribution is 2.39. The predicted octanol–water partition coefficient (Wildman–Crippen LogP) is 5.14. The van der Waals surface area contributed by atoms with Crippen molar-refractivity contribution in [1.82, 2.24) is 0 Å². The van der Waals surface area contributed by atoms with Gasteiger partial charge in [0, 0.05) is 6.04 Å². The van der Waals surface area contributed by atoms with Crippen LogP contribution in [0.3, 0.4) is 0 Å². The molecule has 0 aliphatic rings. The molecule has 0 bridgehead atoms. The number of phenolic OH excluding ortho intramolecular Hbond substituents is 1. The van der Waals surface area contributed by atoms with E-state index in [1.165, 1.54) is 5.56 Å². The third kappa shape index (κ3) is 5.01. The van der Waals surface area contributed by atoms with Crippen LogP contribution in [0, 0.1) is 16.7 Å². The van der Waals surface area contributed by atoms with Crippen molar-refractivity contribution < 1.29 is 5.11 Å².